The largest absolute Gasteiger partial charge is 0.460 e. The van der Waals surface area contributed by atoms with Gasteiger partial charge in [0, 0.05) is 26.7 Å². The van der Waals surface area contributed by atoms with Crippen LogP contribution in [0.2, 0.25) is 0 Å². The highest BCUT2D eigenvalue weighted by Gasteiger charge is 2.21. The van der Waals surface area contributed by atoms with Crippen LogP contribution >= 0.6 is 0 Å². The summed E-state index contributed by atoms with van der Waals surface area (Å²) in [5.41, 5.74) is -1.08. The van der Waals surface area contributed by atoms with Crippen molar-refractivity contribution in [3.05, 3.63) is 0 Å². The fourth-order valence-electron chi connectivity index (χ4n) is 2.61. The molecule has 12 nitrogen and oxygen atoms in total. The van der Waals surface area contributed by atoms with E-state index in [1.807, 2.05) is 20.8 Å². The summed E-state index contributed by atoms with van der Waals surface area (Å²) < 4.78 is 37.0. The quantitative estimate of drug-likeness (QED) is 0.147. The van der Waals surface area contributed by atoms with E-state index in [2.05, 4.69) is 0 Å². The van der Waals surface area contributed by atoms with Gasteiger partial charge in [-0.2, -0.15) is 0 Å². The van der Waals surface area contributed by atoms with Gasteiger partial charge in [-0.3, -0.25) is 4.79 Å². The van der Waals surface area contributed by atoms with E-state index < -0.39 is 23.4 Å². The molecule has 0 atom stereocenters. The first-order chi connectivity index (χ1) is 17.2. The number of rotatable bonds is 18. The molecule has 0 radical (unpaired) electrons. The molecule has 0 N–H and O–H groups in total. The molecule has 12 heteroatoms. The van der Waals surface area contributed by atoms with E-state index in [1.165, 1.54) is 16.9 Å². The van der Waals surface area contributed by atoms with Crippen LogP contribution in [0.4, 0.5) is 9.59 Å². The van der Waals surface area contributed by atoms with Gasteiger partial charge in [0.05, 0.1) is 66.4 Å². The number of amides is 2. The van der Waals surface area contributed by atoms with Gasteiger partial charge in [-0.15, -0.1) is 0 Å². The molecule has 0 unspecified atom stereocenters. The van der Waals surface area contributed by atoms with Crippen molar-refractivity contribution in [2.75, 3.05) is 86.6 Å². The van der Waals surface area contributed by atoms with Gasteiger partial charge in [-0.25, -0.2) is 9.59 Å². The maximum atomic E-state index is 12.1. The van der Waals surface area contributed by atoms with E-state index in [9.17, 15) is 14.4 Å². The molecule has 0 aromatic heterocycles. The second-order valence-electron chi connectivity index (χ2n) is 10.1. The third-order valence-electron chi connectivity index (χ3n) is 4.34. The molecule has 0 aliphatic heterocycles. The molecule has 0 saturated carbocycles. The van der Waals surface area contributed by atoms with E-state index >= 15 is 0 Å². The van der Waals surface area contributed by atoms with Crippen LogP contribution in [-0.4, -0.2) is 126 Å². The number of hydrogen-bond acceptors (Lipinski definition) is 10. The number of hydrogen-bond donors (Lipinski definition) is 0. The molecular formula is C25H48N2O10. The molecule has 0 heterocycles. The van der Waals surface area contributed by atoms with Gasteiger partial charge >= 0.3 is 18.2 Å². The Morgan fingerprint density at radius 3 is 1.51 bits per heavy atom. The summed E-state index contributed by atoms with van der Waals surface area (Å²) >= 11 is 0. The van der Waals surface area contributed by atoms with Crippen molar-refractivity contribution in [1.82, 2.24) is 9.80 Å². The average Bonchev–Trinajstić information content (AvgIpc) is 2.78. The number of methoxy groups -OCH3 is 1. The summed E-state index contributed by atoms with van der Waals surface area (Å²) in [7, 11) is 2.92. The minimum atomic E-state index is -0.589. The van der Waals surface area contributed by atoms with Crippen molar-refractivity contribution >= 4 is 18.2 Å². The highest BCUT2D eigenvalue weighted by Crippen LogP contribution is 2.09. The zero-order valence-corrected chi connectivity index (χ0v) is 24.0. The van der Waals surface area contributed by atoms with Crippen molar-refractivity contribution in [3.63, 3.8) is 0 Å². The fourth-order valence-corrected chi connectivity index (χ4v) is 2.61. The Kier molecular flexibility index (Phi) is 17.9. The number of likely N-dealkylation sites (N-methyl/N-ethyl adjacent to an activating group) is 1. The number of carbonyl (C=O) groups is 3. The minimum absolute atomic E-state index is 0.209. The lowest BCUT2D eigenvalue weighted by molar-refractivity contribution is -0.156. The van der Waals surface area contributed by atoms with E-state index in [1.54, 1.807) is 27.8 Å². The topological polar surface area (TPSA) is 122 Å². The Hall–Kier alpha value is -2.15. The van der Waals surface area contributed by atoms with Crippen LogP contribution in [0.1, 0.15) is 48.0 Å². The van der Waals surface area contributed by atoms with Gasteiger partial charge in [-0.1, -0.05) is 0 Å². The summed E-state index contributed by atoms with van der Waals surface area (Å²) in [5.74, 6) is -0.284. The molecule has 0 rings (SSSR count). The van der Waals surface area contributed by atoms with Gasteiger partial charge in [0.15, 0.2) is 0 Å². The maximum absolute atomic E-state index is 12.1. The third kappa shape index (κ3) is 21.6. The van der Waals surface area contributed by atoms with Crippen LogP contribution in [0.3, 0.4) is 0 Å². The fraction of sp³-hybridized carbons (Fsp3) is 0.880. The lowest BCUT2D eigenvalue weighted by Crippen LogP contribution is -2.42. The van der Waals surface area contributed by atoms with Crippen molar-refractivity contribution in [1.29, 1.82) is 0 Å². The highest BCUT2D eigenvalue weighted by molar-refractivity contribution is 5.70. The average molecular weight is 537 g/mol. The first-order valence-corrected chi connectivity index (χ1v) is 12.5. The Morgan fingerprint density at radius 1 is 0.595 bits per heavy atom. The van der Waals surface area contributed by atoms with Crippen molar-refractivity contribution < 1.29 is 47.5 Å². The Balaban J connectivity index is 3.79. The number of esters is 1. The molecular weight excluding hydrogens is 488 g/mol. The summed E-state index contributed by atoms with van der Waals surface area (Å²) in [6.45, 7) is 14.7. The lowest BCUT2D eigenvalue weighted by atomic mass is 10.2. The van der Waals surface area contributed by atoms with Crippen LogP contribution < -0.4 is 0 Å². The molecule has 0 aliphatic rings. The minimum Gasteiger partial charge on any atom is -0.460 e. The normalized spacial score (nSPS) is 11.7. The van der Waals surface area contributed by atoms with E-state index in [0.717, 1.165) is 0 Å². The van der Waals surface area contributed by atoms with Crippen molar-refractivity contribution in [2.24, 2.45) is 0 Å². The zero-order valence-electron chi connectivity index (χ0n) is 24.0. The summed E-state index contributed by atoms with van der Waals surface area (Å²) in [4.78, 5) is 38.5. The monoisotopic (exact) mass is 536 g/mol. The van der Waals surface area contributed by atoms with Gasteiger partial charge < -0.3 is 43.0 Å². The summed E-state index contributed by atoms with van der Waals surface area (Å²) in [6, 6.07) is 0. The molecule has 0 fully saturated rings. The standard InChI is InChI=1S/C25H48N2O10/c1-24(2,3)36-21(28)9-13-32-15-17-34-19-20-35-18-16-33-14-12-27(23(30)31-8)11-10-26(7)22(29)37-25(4,5)6/h9-20H2,1-8H3. The molecule has 37 heavy (non-hydrogen) atoms. The SMILES string of the molecule is COC(=O)N(CCOCCOCCOCCOCCC(=O)OC(C)(C)C)CCN(C)C(=O)OC(C)(C)C. The first kappa shape index (κ1) is 34.9. The van der Waals surface area contributed by atoms with Gasteiger partial charge in [0.25, 0.3) is 0 Å². The van der Waals surface area contributed by atoms with Gasteiger partial charge in [-0.05, 0) is 41.5 Å². The highest BCUT2D eigenvalue weighted by atomic mass is 16.6. The predicted octanol–water partition coefficient (Wildman–Crippen LogP) is 2.72. The van der Waals surface area contributed by atoms with Crippen molar-refractivity contribution in [3.8, 4) is 0 Å². The van der Waals surface area contributed by atoms with Crippen LogP contribution in [0.25, 0.3) is 0 Å². The molecule has 218 valence electrons. The van der Waals surface area contributed by atoms with Crippen molar-refractivity contribution in [2.45, 2.75) is 59.2 Å². The first-order valence-electron chi connectivity index (χ1n) is 12.5. The molecule has 0 spiro atoms. The second-order valence-corrected chi connectivity index (χ2v) is 10.1. The van der Waals surface area contributed by atoms with Crippen LogP contribution in [-0.2, 0) is 38.0 Å². The van der Waals surface area contributed by atoms with Crippen LogP contribution in [0.5, 0.6) is 0 Å². The number of nitrogens with zero attached hydrogens (tertiary/aromatic N) is 2. The van der Waals surface area contributed by atoms with Gasteiger partial charge in [0.1, 0.15) is 11.2 Å². The Bertz CT molecular complexity index is 646. The molecule has 0 aromatic rings. The summed E-state index contributed by atoms with van der Waals surface area (Å²) in [5, 5.41) is 0. The van der Waals surface area contributed by atoms with Crippen LogP contribution in [0.15, 0.2) is 0 Å². The molecule has 0 aliphatic carbocycles. The van der Waals surface area contributed by atoms with E-state index in [0.29, 0.717) is 65.9 Å². The third-order valence-corrected chi connectivity index (χ3v) is 4.34. The lowest BCUT2D eigenvalue weighted by Gasteiger charge is -2.27. The smallest absolute Gasteiger partial charge is 0.410 e. The van der Waals surface area contributed by atoms with Gasteiger partial charge in [0.2, 0.25) is 0 Å². The van der Waals surface area contributed by atoms with E-state index in [-0.39, 0.29) is 18.9 Å². The second kappa shape index (κ2) is 19.0. The molecule has 0 saturated heterocycles. The maximum Gasteiger partial charge on any atom is 0.410 e. The van der Waals surface area contributed by atoms with Crippen LogP contribution in [0, 0.1) is 0 Å². The Morgan fingerprint density at radius 2 is 1.05 bits per heavy atom. The predicted molar refractivity (Wildman–Crippen MR) is 137 cm³/mol. The zero-order chi connectivity index (χ0) is 28.3. The molecule has 0 bridgehead atoms. The summed E-state index contributed by atoms with van der Waals surface area (Å²) in [6.07, 6.45) is -0.746. The molecule has 0 aromatic carbocycles. The van der Waals surface area contributed by atoms with E-state index in [4.69, 9.17) is 33.2 Å². The number of ether oxygens (including phenoxy) is 7. The number of carbonyl (C=O) groups excluding carboxylic acids is 3. The molecule has 2 amide bonds. The Labute approximate surface area is 221 Å².